The van der Waals surface area contributed by atoms with Crippen LogP contribution in [0.3, 0.4) is 0 Å². The lowest BCUT2D eigenvalue weighted by Gasteiger charge is -2.09. The van der Waals surface area contributed by atoms with Crippen molar-refractivity contribution in [2.24, 2.45) is 0 Å². The molecule has 2 aromatic rings. The summed E-state index contributed by atoms with van der Waals surface area (Å²) in [5.41, 5.74) is 2.26. The van der Waals surface area contributed by atoms with Crippen molar-refractivity contribution in [3.05, 3.63) is 59.7 Å². The summed E-state index contributed by atoms with van der Waals surface area (Å²) in [6, 6.07) is 13.3. The Morgan fingerprint density at radius 3 is 2.41 bits per heavy atom. The van der Waals surface area contributed by atoms with E-state index in [2.05, 4.69) is 4.72 Å². The number of hydrogen-bond acceptors (Lipinski definition) is 3. The van der Waals surface area contributed by atoms with Crippen LogP contribution in [0, 0.1) is 6.92 Å². The third-order valence-electron chi connectivity index (χ3n) is 3.13. The molecule has 22 heavy (non-hydrogen) atoms. The fraction of sp³-hybridized carbons (Fsp3) is 0.188. The minimum atomic E-state index is -3.64. The molecule has 0 aliphatic rings. The number of carboxylic acid groups (broad SMARTS) is 1. The number of sulfonamides is 1. The van der Waals surface area contributed by atoms with Gasteiger partial charge < -0.3 is 5.11 Å². The van der Waals surface area contributed by atoms with Crippen molar-refractivity contribution in [2.75, 3.05) is 4.72 Å². The zero-order valence-electron chi connectivity index (χ0n) is 12.1. The zero-order chi connectivity index (χ0) is 16.2. The predicted octanol–water partition coefficient (Wildman–Crippen LogP) is 2.81. The highest BCUT2D eigenvalue weighted by Gasteiger charge is 2.14. The molecular formula is C16H17NO4S. The molecule has 0 aliphatic heterocycles. The van der Waals surface area contributed by atoms with Gasteiger partial charge in [0.2, 0.25) is 0 Å². The summed E-state index contributed by atoms with van der Waals surface area (Å²) in [6.45, 7) is 1.88. The van der Waals surface area contributed by atoms with Crippen molar-refractivity contribution in [1.29, 1.82) is 0 Å². The molecule has 0 bridgehead atoms. The van der Waals surface area contributed by atoms with Crippen LogP contribution in [0.5, 0.6) is 0 Å². The highest BCUT2D eigenvalue weighted by Crippen LogP contribution is 2.18. The largest absolute Gasteiger partial charge is 0.481 e. The van der Waals surface area contributed by atoms with Crippen LogP contribution < -0.4 is 4.72 Å². The number of anilines is 1. The van der Waals surface area contributed by atoms with Crippen LogP contribution >= 0.6 is 0 Å². The number of aliphatic carboxylic acids is 1. The summed E-state index contributed by atoms with van der Waals surface area (Å²) in [5.74, 6) is -0.877. The average molecular weight is 319 g/mol. The Labute approximate surface area is 129 Å². The molecule has 0 aromatic heterocycles. The molecule has 0 aliphatic carbocycles. The normalized spacial score (nSPS) is 11.1. The van der Waals surface area contributed by atoms with Crippen molar-refractivity contribution < 1.29 is 18.3 Å². The van der Waals surface area contributed by atoms with Gasteiger partial charge in [0, 0.05) is 12.1 Å². The molecule has 0 heterocycles. The van der Waals surface area contributed by atoms with E-state index in [4.69, 9.17) is 5.11 Å². The van der Waals surface area contributed by atoms with E-state index in [1.54, 1.807) is 30.3 Å². The number of carboxylic acids is 1. The zero-order valence-corrected chi connectivity index (χ0v) is 12.9. The van der Waals surface area contributed by atoms with Crippen LogP contribution in [0.2, 0.25) is 0 Å². The summed E-state index contributed by atoms with van der Waals surface area (Å²) < 4.78 is 27.1. The van der Waals surface area contributed by atoms with Gasteiger partial charge in [-0.15, -0.1) is 0 Å². The summed E-state index contributed by atoms with van der Waals surface area (Å²) in [5, 5.41) is 8.64. The first-order valence-electron chi connectivity index (χ1n) is 6.77. The second-order valence-electron chi connectivity index (χ2n) is 5.01. The lowest BCUT2D eigenvalue weighted by molar-refractivity contribution is -0.136. The lowest BCUT2D eigenvalue weighted by atomic mass is 10.1. The average Bonchev–Trinajstić information content (AvgIpc) is 2.45. The van der Waals surface area contributed by atoms with Gasteiger partial charge in [-0.2, -0.15) is 0 Å². The summed E-state index contributed by atoms with van der Waals surface area (Å²) in [6.07, 6.45) is 0.397. The maximum Gasteiger partial charge on any atom is 0.303 e. The van der Waals surface area contributed by atoms with Gasteiger partial charge in [0.15, 0.2) is 0 Å². The smallest absolute Gasteiger partial charge is 0.303 e. The topological polar surface area (TPSA) is 83.5 Å². The number of aryl methyl sites for hydroxylation is 2. The van der Waals surface area contributed by atoms with E-state index in [-0.39, 0.29) is 11.3 Å². The van der Waals surface area contributed by atoms with E-state index in [0.717, 1.165) is 11.1 Å². The fourth-order valence-corrected chi connectivity index (χ4v) is 3.06. The van der Waals surface area contributed by atoms with Gasteiger partial charge in [0.05, 0.1) is 4.90 Å². The Morgan fingerprint density at radius 2 is 1.82 bits per heavy atom. The van der Waals surface area contributed by atoms with Crippen molar-refractivity contribution in [2.45, 2.75) is 24.7 Å². The molecule has 0 fully saturated rings. The standard InChI is InChI=1S/C16H17NO4S/c1-12-3-2-4-14(11-12)17-22(20,21)15-8-5-13(6-9-15)7-10-16(18)19/h2-6,8-9,11,17H,7,10H2,1H3,(H,18,19). The molecular weight excluding hydrogens is 302 g/mol. The van der Waals surface area contributed by atoms with Gasteiger partial charge in [-0.05, 0) is 48.7 Å². The Balaban J connectivity index is 2.14. The Hall–Kier alpha value is -2.34. The van der Waals surface area contributed by atoms with Gasteiger partial charge in [0.1, 0.15) is 0 Å². The van der Waals surface area contributed by atoms with Gasteiger partial charge >= 0.3 is 5.97 Å². The number of benzene rings is 2. The monoisotopic (exact) mass is 319 g/mol. The third kappa shape index (κ3) is 4.33. The first-order valence-corrected chi connectivity index (χ1v) is 8.25. The van der Waals surface area contributed by atoms with Crippen LogP contribution in [-0.2, 0) is 21.2 Å². The van der Waals surface area contributed by atoms with Gasteiger partial charge in [-0.1, -0.05) is 24.3 Å². The minimum absolute atomic E-state index is 0.0215. The Kier molecular flexibility index (Phi) is 4.82. The Bertz CT molecular complexity index is 767. The first-order chi connectivity index (χ1) is 10.4. The van der Waals surface area contributed by atoms with Gasteiger partial charge in [0.25, 0.3) is 10.0 Å². The predicted molar refractivity (Wildman–Crippen MR) is 84.4 cm³/mol. The minimum Gasteiger partial charge on any atom is -0.481 e. The molecule has 116 valence electrons. The lowest BCUT2D eigenvalue weighted by Crippen LogP contribution is -2.13. The molecule has 0 amide bonds. The second-order valence-corrected chi connectivity index (χ2v) is 6.70. The SMILES string of the molecule is Cc1cccc(NS(=O)(=O)c2ccc(CCC(=O)O)cc2)c1. The van der Waals surface area contributed by atoms with Gasteiger partial charge in [-0.3, -0.25) is 9.52 Å². The highest BCUT2D eigenvalue weighted by molar-refractivity contribution is 7.92. The van der Waals surface area contributed by atoms with Crippen LogP contribution in [0.15, 0.2) is 53.4 Å². The van der Waals surface area contributed by atoms with E-state index in [0.29, 0.717) is 12.1 Å². The third-order valence-corrected chi connectivity index (χ3v) is 4.53. The van der Waals surface area contributed by atoms with E-state index >= 15 is 0 Å². The van der Waals surface area contributed by atoms with Crippen LogP contribution in [0.25, 0.3) is 0 Å². The first kappa shape index (κ1) is 16.0. The molecule has 0 saturated heterocycles. The molecule has 0 atom stereocenters. The van der Waals surface area contributed by atoms with Crippen LogP contribution in [0.1, 0.15) is 17.5 Å². The number of rotatable bonds is 6. The molecule has 0 saturated carbocycles. The molecule has 6 heteroatoms. The van der Waals surface area contributed by atoms with Crippen molar-refractivity contribution in [3.63, 3.8) is 0 Å². The summed E-state index contributed by atoms with van der Waals surface area (Å²) >= 11 is 0. The maximum atomic E-state index is 12.3. The molecule has 2 rings (SSSR count). The molecule has 0 radical (unpaired) electrons. The van der Waals surface area contributed by atoms with Crippen molar-refractivity contribution in [3.8, 4) is 0 Å². The fourth-order valence-electron chi connectivity index (χ4n) is 2.01. The Morgan fingerprint density at radius 1 is 1.14 bits per heavy atom. The summed E-state index contributed by atoms with van der Waals surface area (Å²) in [7, 11) is -3.64. The molecule has 2 N–H and O–H groups in total. The van der Waals surface area contributed by atoms with Crippen LogP contribution in [-0.4, -0.2) is 19.5 Å². The van der Waals surface area contributed by atoms with E-state index in [1.165, 1.54) is 12.1 Å². The number of hydrogen-bond donors (Lipinski definition) is 2. The number of carbonyl (C=O) groups is 1. The highest BCUT2D eigenvalue weighted by atomic mass is 32.2. The van der Waals surface area contributed by atoms with E-state index in [9.17, 15) is 13.2 Å². The van der Waals surface area contributed by atoms with Crippen molar-refractivity contribution in [1.82, 2.24) is 0 Å². The maximum absolute atomic E-state index is 12.3. The van der Waals surface area contributed by atoms with E-state index < -0.39 is 16.0 Å². The van der Waals surface area contributed by atoms with Gasteiger partial charge in [-0.25, -0.2) is 8.42 Å². The molecule has 0 unspecified atom stereocenters. The molecule has 0 spiro atoms. The second kappa shape index (κ2) is 6.62. The molecule has 2 aromatic carbocycles. The number of nitrogens with one attached hydrogen (secondary N) is 1. The quantitative estimate of drug-likeness (QED) is 0.857. The van der Waals surface area contributed by atoms with Crippen molar-refractivity contribution >= 4 is 21.7 Å². The summed E-state index contributed by atoms with van der Waals surface area (Å²) in [4.78, 5) is 10.7. The van der Waals surface area contributed by atoms with E-state index in [1.807, 2.05) is 13.0 Å². The van der Waals surface area contributed by atoms with Crippen LogP contribution in [0.4, 0.5) is 5.69 Å². The molecule has 5 nitrogen and oxygen atoms in total.